The summed E-state index contributed by atoms with van der Waals surface area (Å²) in [5.41, 5.74) is 4.07. The molecule has 1 aliphatic rings. The lowest BCUT2D eigenvalue weighted by Crippen LogP contribution is -2.45. The van der Waals surface area contributed by atoms with Gasteiger partial charge >= 0.3 is 0 Å². The van der Waals surface area contributed by atoms with Crippen molar-refractivity contribution in [2.45, 2.75) is 39.2 Å². The Kier molecular flexibility index (Phi) is 5.30. The number of fused-ring (bicyclic) bond motifs is 1. The standard InChI is InChI=1S/C20H24N4O/c1-14-17-5-3-4-6-19(17)22-15(2)18(14)13-20(25)23-16-7-10-24(11-8-16)12-9-21/h3-6,16H,7-8,10-13H2,1-2H3,(H,23,25). The highest BCUT2D eigenvalue weighted by Crippen LogP contribution is 2.23. The minimum atomic E-state index is 0.0574. The van der Waals surface area contributed by atoms with Gasteiger partial charge in [-0.1, -0.05) is 18.2 Å². The van der Waals surface area contributed by atoms with Crippen LogP contribution in [0.15, 0.2) is 24.3 Å². The maximum Gasteiger partial charge on any atom is 0.224 e. The molecule has 0 unspecified atom stereocenters. The second-order valence-electron chi connectivity index (χ2n) is 6.77. The van der Waals surface area contributed by atoms with Gasteiger partial charge in [0.15, 0.2) is 0 Å². The topological polar surface area (TPSA) is 69.0 Å². The van der Waals surface area contributed by atoms with Crippen LogP contribution in [-0.4, -0.2) is 41.5 Å². The lowest BCUT2D eigenvalue weighted by atomic mass is 9.98. The summed E-state index contributed by atoms with van der Waals surface area (Å²) >= 11 is 0. The van der Waals surface area contributed by atoms with E-state index in [-0.39, 0.29) is 11.9 Å². The lowest BCUT2D eigenvalue weighted by molar-refractivity contribution is -0.121. The van der Waals surface area contributed by atoms with Crippen molar-refractivity contribution >= 4 is 16.8 Å². The van der Waals surface area contributed by atoms with E-state index in [0.29, 0.717) is 13.0 Å². The lowest BCUT2D eigenvalue weighted by Gasteiger charge is -2.30. The molecule has 130 valence electrons. The Morgan fingerprint density at radius 2 is 2.04 bits per heavy atom. The first-order valence-electron chi connectivity index (χ1n) is 8.82. The Labute approximate surface area is 148 Å². The number of piperidine rings is 1. The van der Waals surface area contributed by atoms with Crippen LogP contribution in [0.4, 0.5) is 0 Å². The normalized spacial score (nSPS) is 15.9. The van der Waals surface area contributed by atoms with Gasteiger partial charge in [0.1, 0.15) is 0 Å². The molecule has 1 aromatic carbocycles. The van der Waals surface area contributed by atoms with Gasteiger partial charge < -0.3 is 5.32 Å². The van der Waals surface area contributed by atoms with Crippen LogP contribution in [0.5, 0.6) is 0 Å². The van der Waals surface area contributed by atoms with E-state index in [1.807, 2.05) is 25.1 Å². The number of carbonyl (C=O) groups excluding carboxylic acids is 1. The van der Waals surface area contributed by atoms with Gasteiger partial charge in [-0.05, 0) is 43.9 Å². The fourth-order valence-corrected chi connectivity index (χ4v) is 3.61. The summed E-state index contributed by atoms with van der Waals surface area (Å²) in [5, 5.41) is 13.0. The first-order valence-corrected chi connectivity index (χ1v) is 8.82. The van der Waals surface area contributed by atoms with Crippen molar-refractivity contribution in [3.05, 3.63) is 41.1 Å². The van der Waals surface area contributed by atoms with E-state index >= 15 is 0 Å². The molecule has 0 spiro atoms. The number of para-hydroxylation sites is 1. The van der Waals surface area contributed by atoms with Gasteiger partial charge in [0.05, 0.1) is 24.6 Å². The number of amides is 1. The monoisotopic (exact) mass is 336 g/mol. The fourth-order valence-electron chi connectivity index (χ4n) is 3.61. The molecule has 1 amide bonds. The smallest absolute Gasteiger partial charge is 0.224 e. The number of hydrogen-bond donors (Lipinski definition) is 1. The maximum absolute atomic E-state index is 12.5. The van der Waals surface area contributed by atoms with Gasteiger partial charge in [-0.25, -0.2) is 0 Å². The number of carbonyl (C=O) groups is 1. The van der Waals surface area contributed by atoms with Crippen LogP contribution >= 0.6 is 0 Å². The largest absolute Gasteiger partial charge is 0.353 e. The summed E-state index contributed by atoms with van der Waals surface area (Å²) in [7, 11) is 0. The van der Waals surface area contributed by atoms with Crippen molar-refractivity contribution in [3.8, 4) is 6.07 Å². The average molecular weight is 336 g/mol. The molecule has 0 aliphatic carbocycles. The number of aryl methyl sites for hydroxylation is 2. The van der Waals surface area contributed by atoms with E-state index < -0.39 is 0 Å². The van der Waals surface area contributed by atoms with Crippen LogP contribution < -0.4 is 5.32 Å². The van der Waals surface area contributed by atoms with Crippen LogP contribution in [0, 0.1) is 25.2 Å². The van der Waals surface area contributed by atoms with E-state index in [1.165, 1.54) is 0 Å². The van der Waals surface area contributed by atoms with Gasteiger partial charge in [0, 0.05) is 30.2 Å². The van der Waals surface area contributed by atoms with E-state index in [1.54, 1.807) is 0 Å². The summed E-state index contributed by atoms with van der Waals surface area (Å²) in [5.74, 6) is 0.0574. The number of nitriles is 1. The first-order chi connectivity index (χ1) is 12.1. The molecule has 5 heteroatoms. The summed E-state index contributed by atoms with van der Waals surface area (Å²) < 4.78 is 0. The zero-order valence-corrected chi connectivity index (χ0v) is 14.9. The van der Waals surface area contributed by atoms with Crippen molar-refractivity contribution < 1.29 is 4.79 Å². The molecule has 3 rings (SSSR count). The molecule has 0 atom stereocenters. The quantitative estimate of drug-likeness (QED) is 0.871. The summed E-state index contributed by atoms with van der Waals surface area (Å²) in [6, 6.07) is 10.4. The number of hydrogen-bond acceptors (Lipinski definition) is 4. The van der Waals surface area contributed by atoms with Crippen LogP contribution in [0.3, 0.4) is 0 Å². The number of nitrogens with one attached hydrogen (secondary N) is 1. The summed E-state index contributed by atoms with van der Waals surface area (Å²) in [6.07, 6.45) is 2.18. The third kappa shape index (κ3) is 3.97. The molecule has 2 aromatic rings. The van der Waals surface area contributed by atoms with Crippen LogP contribution in [0.1, 0.15) is 29.7 Å². The van der Waals surface area contributed by atoms with Crippen molar-refractivity contribution in [1.29, 1.82) is 5.26 Å². The van der Waals surface area contributed by atoms with Crippen molar-refractivity contribution in [2.75, 3.05) is 19.6 Å². The average Bonchev–Trinajstić information content (AvgIpc) is 2.60. The van der Waals surface area contributed by atoms with E-state index in [4.69, 9.17) is 5.26 Å². The Morgan fingerprint density at radius 1 is 1.32 bits per heavy atom. The Balaban J connectivity index is 1.66. The highest BCUT2D eigenvalue weighted by molar-refractivity contribution is 5.86. The summed E-state index contributed by atoms with van der Waals surface area (Å²) in [4.78, 5) is 19.3. The fraction of sp³-hybridized carbons (Fsp3) is 0.450. The molecule has 1 aliphatic heterocycles. The number of benzene rings is 1. The predicted molar refractivity (Wildman–Crippen MR) is 98.1 cm³/mol. The third-order valence-electron chi connectivity index (χ3n) is 5.07. The number of likely N-dealkylation sites (tertiary alicyclic amines) is 1. The second kappa shape index (κ2) is 7.62. The number of rotatable bonds is 4. The molecule has 1 saturated heterocycles. The van der Waals surface area contributed by atoms with Crippen LogP contribution in [0.2, 0.25) is 0 Å². The zero-order chi connectivity index (χ0) is 17.8. The number of nitrogens with zero attached hydrogens (tertiary/aromatic N) is 3. The molecular formula is C20H24N4O. The third-order valence-corrected chi connectivity index (χ3v) is 5.07. The van der Waals surface area contributed by atoms with Gasteiger partial charge in [0.25, 0.3) is 0 Å². The second-order valence-corrected chi connectivity index (χ2v) is 6.77. The molecule has 2 heterocycles. The molecule has 0 radical (unpaired) electrons. The van der Waals surface area contributed by atoms with Gasteiger partial charge in [-0.2, -0.15) is 5.26 Å². The van der Waals surface area contributed by atoms with Gasteiger partial charge in [0.2, 0.25) is 5.91 Å². The molecular weight excluding hydrogens is 312 g/mol. The minimum absolute atomic E-state index is 0.0574. The Bertz CT molecular complexity index is 816. The first kappa shape index (κ1) is 17.4. The zero-order valence-electron chi connectivity index (χ0n) is 14.9. The molecule has 1 fully saturated rings. The van der Waals surface area contributed by atoms with E-state index in [0.717, 1.165) is 53.7 Å². The predicted octanol–water partition coefficient (Wildman–Crippen LogP) is 2.50. The van der Waals surface area contributed by atoms with Gasteiger partial charge in [-0.3, -0.25) is 14.7 Å². The molecule has 1 N–H and O–H groups in total. The maximum atomic E-state index is 12.5. The number of pyridine rings is 1. The number of aromatic nitrogens is 1. The van der Waals surface area contributed by atoms with Crippen molar-refractivity contribution in [1.82, 2.24) is 15.2 Å². The van der Waals surface area contributed by atoms with Crippen LogP contribution in [-0.2, 0) is 11.2 Å². The molecule has 0 saturated carbocycles. The SMILES string of the molecule is Cc1nc2ccccc2c(C)c1CC(=O)NC1CCN(CC#N)CC1. The highest BCUT2D eigenvalue weighted by atomic mass is 16.1. The van der Waals surface area contributed by atoms with Crippen molar-refractivity contribution in [3.63, 3.8) is 0 Å². The Hall–Kier alpha value is -2.45. The molecule has 25 heavy (non-hydrogen) atoms. The minimum Gasteiger partial charge on any atom is -0.353 e. The Morgan fingerprint density at radius 3 is 2.76 bits per heavy atom. The molecule has 0 bridgehead atoms. The highest BCUT2D eigenvalue weighted by Gasteiger charge is 2.21. The van der Waals surface area contributed by atoms with Crippen LogP contribution in [0.25, 0.3) is 10.9 Å². The molecule has 5 nitrogen and oxygen atoms in total. The van der Waals surface area contributed by atoms with Gasteiger partial charge in [-0.15, -0.1) is 0 Å². The summed E-state index contributed by atoms with van der Waals surface area (Å²) in [6.45, 7) is 6.26. The van der Waals surface area contributed by atoms with E-state index in [9.17, 15) is 4.79 Å². The van der Waals surface area contributed by atoms with E-state index in [2.05, 4.69) is 34.3 Å². The van der Waals surface area contributed by atoms with Crippen molar-refractivity contribution in [2.24, 2.45) is 0 Å². The molecule has 1 aromatic heterocycles.